The van der Waals surface area contributed by atoms with Gasteiger partial charge in [0.15, 0.2) is 0 Å². The van der Waals surface area contributed by atoms with Crippen LogP contribution in [-0.4, -0.2) is 15.9 Å². The number of nitrogens with two attached hydrogens (primary N) is 1. The van der Waals surface area contributed by atoms with Crippen LogP contribution in [0.1, 0.15) is 48.3 Å². The van der Waals surface area contributed by atoms with E-state index in [0.29, 0.717) is 17.2 Å². The SMILES string of the molecule is CC(C)CC(NC(=O)c1coc(CN)c1)c1nc2ccccc2[nH]1. The maximum Gasteiger partial charge on any atom is 0.255 e. The standard InChI is InChI=1S/C18H22N4O2/c1-11(2)7-16(17-20-14-5-3-4-6-15(14)21-17)22-18(23)12-8-13(9-19)24-10-12/h3-6,8,10-11,16H,7,9,19H2,1-2H3,(H,20,21)(H,22,23). The van der Waals surface area contributed by atoms with Crippen molar-refractivity contribution in [2.24, 2.45) is 11.7 Å². The van der Waals surface area contributed by atoms with Gasteiger partial charge in [-0.2, -0.15) is 0 Å². The van der Waals surface area contributed by atoms with E-state index in [1.807, 2.05) is 24.3 Å². The predicted octanol–water partition coefficient (Wildman–Crippen LogP) is 3.13. The summed E-state index contributed by atoms with van der Waals surface area (Å²) in [6.45, 7) is 4.50. The molecule has 0 saturated heterocycles. The van der Waals surface area contributed by atoms with E-state index in [-0.39, 0.29) is 18.5 Å². The van der Waals surface area contributed by atoms with E-state index in [0.717, 1.165) is 23.3 Å². The number of benzene rings is 1. The number of rotatable bonds is 6. The molecule has 0 aliphatic rings. The molecule has 0 bridgehead atoms. The van der Waals surface area contributed by atoms with Crippen molar-refractivity contribution in [2.75, 3.05) is 0 Å². The number of hydrogen-bond donors (Lipinski definition) is 3. The number of nitrogens with zero attached hydrogens (tertiary/aromatic N) is 1. The largest absolute Gasteiger partial charge is 0.467 e. The summed E-state index contributed by atoms with van der Waals surface area (Å²) in [5, 5.41) is 3.05. The first kappa shape index (κ1) is 16.3. The Morgan fingerprint density at radius 3 is 2.83 bits per heavy atom. The molecule has 3 aromatic rings. The molecule has 0 aliphatic carbocycles. The highest BCUT2D eigenvalue weighted by atomic mass is 16.3. The highest BCUT2D eigenvalue weighted by Gasteiger charge is 2.21. The Kier molecular flexibility index (Phi) is 4.66. The Balaban J connectivity index is 1.84. The number of H-pyrrole nitrogens is 1. The lowest BCUT2D eigenvalue weighted by Gasteiger charge is -2.18. The van der Waals surface area contributed by atoms with E-state index in [1.165, 1.54) is 6.26 Å². The van der Waals surface area contributed by atoms with Crippen LogP contribution in [0.4, 0.5) is 0 Å². The summed E-state index contributed by atoms with van der Waals surface area (Å²) in [6, 6.07) is 9.31. The van der Waals surface area contributed by atoms with Crippen molar-refractivity contribution in [1.29, 1.82) is 0 Å². The predicted molar refractivity (Wildman–Crippen MR) is 92.4 cm³/mol. The first-order valence-corrected chi connectivity index (χ1v) is 8.09. The third-order valence-corrected chi connectivity index (χ3v) is 3.87. The average molecular weight is 326 g/mol. The van der Waals surface area contributed by atoms with Crippen molar-refractivity contribution in [2.45, 2.75) is 32.9 Å². The van der Waals surface area contributed by atoms with E-state index in [2.05, 4.69) is 29.1 Å². The average Bonchev–Trinajstić information content (AvgIpc) is 3.20. The van der Waals surface area contributed by atoms with Crippen LogP contribution in [0.5, 0.6) is 0 Å². The van der Waals surface area contributed by atoms with Gasteiger partial charge in [0.25, 0.3) is 5.91 Å². The molecule has 1 amide bonds. The fraction of sp³-hybridized carbons (Fsp3) is 0.333. The molecule has 6 heteroatoms. The van der Waals surface area contributed by atoms with Crippen molar-refractivity contribution in [3.8, 4) is 0 Å². The van der Waals surface area contributed by atoms with Crippen LogP contribution in [0.3, 0.4) is 0 Å². The minimum Gasteiger partial charge on any atom is -0.467 e. The summed E-state index contributed by atoms with van der Waals surface area (Å²) in [5.74, 6) is 1.57. The van der Waals surface area contributed by atoms with Crippen molar-refractivity contribution >= 4 is 16.9 Å². The number of hydrogen-bond acceptors (Lipinski definition) is 4. The van der Waals surface area contributed by atoms with Gasteiger partial charge >= 0.3 is 0 Å². The Morgan fingerprint density at radius 1 is 1.38 bits per heavy atom. The molecule has 0 fully saturated rings. The minimum absolute atomic E-state index is 0.190. The van der Waals surface area contributed by atoms with Crippen LogP contribution in [0.25, 0.3) is 11.0 Å². The van der Waals surface area contributed by atoms with E-state index >= 15 is 0 Å². The van der Waals surface area contributed by atoms with Crippen LogP contribution >= 0.6 is 0 Å². The van der Waals surface area contributed by atoms with Gasteiger partial charge in [0.05, 0.1) is 29.2 Å². The van der Waals surface area contributed by atoms with Crippen molar-refractivity contribution in [3.63, 3.8) is 0 Å². The maximum absolute atomic E-state index is 12.5. The molecule has 3 rings (SSSR count). The van der Waals surface area contributed by atoms with Gasteiger partial charge in [0.2, 0.25) is 0 Å². The molecule has 1 atom stereocenters. The van der Waals surface area contributed by atoms with E-state index in [9.17, 15) is 4.79 Å². The number of aromatic amines is 1. The summed E-state index contributed by atoms with van der Waals surface area (Å²) in [6.07, 6.45) is 2.22. The Morgan fingerprint density at radius 2 is 2.17 bits per heavy atom. The molecule has 2 heterocycles. The fourth-order valence-corrected chi connectivity index (χ4v) is 2.70. The van der Waals surface area contributed by atoms with Crippen molar-refractivity contribution in [3.05, 3.63) is 53.7 Å². The highest BCUT2D eigenvalue weighted by Crippen LogP contribution is 2.22. The topological polar surface area (TPSA) is 96.9 Å². The summed E-state index contributed by atoms with van der Waals surface area (Å²) in [5.41, 5.74) is 7.85. The zero-order valence-corrected chi connectivity index (χ0v) is 13.9. The number of aromatic nitrogens is 2. The highest BCUT2D eigenvalue weighted by molar-refractivity contribution is 5.94. The number of nitrogens with one attached hydrogen (secondary N) is 2. The Labute approximate surface area is 140 Å². The lowest BCUT2D eigenvalue weighted by molar-refractivity contribution is 0.0929. The summed E-state index contributed by atoms with van der Waals surface area (Å²) in [7, 11) is 0. The second kappa shape index (κ2) is 6.88. The molecule has 24 heavy (non-hydrogen) atoms. The maximum atomic E-state index is 12.5. The number of carbonyl (C=O) groups is 1. The molecule has 4 N–H and O–H groups in total. The summed E-state index contributed by atoms with van der Waals surface area (Å²) in [4.78, 5) is 20.4. The lowest BCUT2D eigenvalue weighted by Crippen LogP contribution is -2.30. The number of imidazole rings is 1. The van der Waals surface area contributed by atoms with Gasteiger partial charge < -0.3 is 20.5 Å². The quantitative estimate of drug-likeness (QED) is 0.648. The zero-order valence-electron chi connectivity index (χ0n) is 13.9. The molecule has 0 radical (unpaired) electrons. The molecular weight excluding hydrogens is 304 g/mol. The molecule has 0 aliphatic heterocycles. The molecular formula is C18H22N4O2. The number of furan rings is 1. The number of para-hydroxylation sites is 2. The third kappa shape index (κ3) is 3.49. The first-order valence-electron chi connectivity index (χ1n) is 8.09. The number of amides is 1. The van der Waals surface area contributed by atoms with Crippen molar-refractivity contribution < 1.29 is 9.21 Å². The third-order valence-electron chi connectivity index (χ3n) is 3.87. The van der Waals surface area contributed by atoms with Gasteiger partial charge in [0, 0.05) is 0 Å². The molecule has 2 aromatic heterocycles. The minimum atomic E-state index is -0.193. The van der Waals surface area contributed by atoms with E-state index < -0.39 is 0 Å². The molecule has 6 nitrogen and oxygen atoms in total. The molecule has 0 spiro atoms. The van der Waals surface area contributed by atoms with Gasteiger partial charge in [-0.1, -0.05) is 26.0 Å². The van der Waals surface area contributed by atoms with Gasteiger partial charge in [-0.25, -0.2) is 4.98 Å². The smallest absolute Gasteiger partial charge is 0.255 e. The van der Waals surface area contributed by atoms with Gasteiger partial charge in [-0.05, 0) is 30.5 Å². The molecule has 126 valence electrons. The number of fused-ring (bicyclic) bond motifs is 1. The fourth-order valence-electron chi connectivity index (χ4n) is 2.70. The van der Waals surface area contributed by atoms with E-state index in [1.54, 1.807) is 6.07 Å². The Hall–Kier alpha value is -2.60. The van der Waals surface area contributed by atoms with E-state index in [4.69, 9.17) is 10.2 Å². The van der Waals surface area contributed by atoms with Gasteiger partial charge in [-0.3, -0.25) is 4.79 Å². The number of carbonyl (C=O) groups excluding carboxylic acids is 1. The van der Waals surface area contributed by atoms with Crippen LogP contribution in [-0.2, 0) is 6.54 Å². The van der Waals surface area contributed by atoms with Gasteiger partial charge in [-0.15, -0.1) is 0 Å². The second-order valence-electron chi connectivity index (χ2n) is 6.30. The molecule has 1 aromatic carbocycles. The summed E-state index contributed by atoms with van der Waals surface area (Å²) < 4.78 is 5.24. The Bertz CT molecular complexity index is 801. The van der Waals surface area contributed by atoms with Crippen LogP contribution < -0.4 is 11.1 Å². The van der Waals surface area contributed by atoms with Crippen LogP contribution in [0.15, 0.2) is 41.0 Å². The van der Waals surface area contributed by atoms with Crippen molar-refractivity contribution in [1.82, 2.24) is 15.3 Å². The monoisotopic (exact) mass is 326 g/mol. The normalized spacial score (nSPS) is 12.7. The molecule has 0 saturated carbocycles. The van der Waals surface area contributed by atoms with Gasteiger partial charge in [0.1, 0.15) is 17.8 Å². The van der Waals surface area contributed by atoms with Crippen LogP contribution in [0, 0.1) is 5.92 Å². The second-order valence-corrected chi connectivity index (χ2v) is 6.30. The molecule has 1 unspecified atom stereocenters. The zero-order chi connectivity index (χ0) is 17.1. The summed E-state index contributed by atoms with van der Waals surface area (Å²) >= 11 is 0. The van der Waals surface area contributed by atoms with Crippen LogP contribution in [0.2, 0.25) is 0 Å². The lowest BCUT2D eigenvalue weighted by atomic mass is 10.0. The first-order chi connectivity index (χ1) is 11.6.